The van der Waals surface area contributed by atoms with Gasteiger partial charge < -0.3 is 5.11 Å². The molecule has 2 rings (SSSR count). The van der Waals surface area contributed by atoms with Crippen LogP contribution in [0, 0.1) is 23.2 Å². The van der Waals surface area contributed by atoms with E-state index in [0.29, 0.717) is 19.3 Å². The fourth-order valence-electron chi connectivity index (χ4n) is 3.73. The quantitative estimate of drug-likeness (QED) is 0.765. The van der Waals surface area contributed by atoms with Gasteiger partial charge in [0.25, 0.3) is 0 Å². The molecule has 0 spiro atoms. The molecule has 1 N–H and O–H groups in total. The van der Waals surface area contributed by atoms with Crippen LogP contribution in [0.25, 0.3) is 0 Å². The third kappa shape index (κ3) is 1.73. The SMILES string of the molecule is OCC(C1CC2CCC1C2)(C(F)(F)F)C(F)(F)F. The van der Waals surface area contributed by atoms with Crippen molar-refractivity contribution in [2.24, 2.45) is 23.2 Å². The van der Waals surface area contributed by atoms with E-state index >= 15 is 0 Å². The molecule has 3 atom stereocenters. The summed E-state index contributed by atoms with van der Waals surface area (Å²) in [5.74, 6) is -2.14. The zero-order valence-electron chi connectivity index (χ0n) is 9.48. The summed E-state index contributed by atoms with van der Waals surface area (Å²) in [5, 5.41) is 8.90. The lowest BCUT2D eigenvalue weighted by atomic mass is 9.67. The highest BCUT2D eigenvalue weighted by molar-refractivity contribution is 5.05. The average molecular weight is 276 g/mol. The van der Waals surface area contributed by atoms with Crippen LogP contribution >= 0.6 is 0 Å². The van der Waals surface area contributed by atoms with E-state index < -0.39 is 36.2 Å². The van der Waals surface area contributed by atoms with Crippen molar-refractivity contribution >= 4 is 0 Å². The highest BCUT2D eigenvalue weighted by atomic mass is 19.4. The molecule has 0 radical (unpaired) electrons. The molecule has 18 heavy (non-hydrogen) atoms. The van der Waals surface area contributed by atoms with Crippen LogP contribution in [-0.2, 0) is 0 Å². The van der Waals surface area contributed by atoms with Crippen LogP contribution in [0.1, 0.15) is 25.7 Å². The molecule has 0 aromatic rings. The van der Waals surface area contributed by atoms with Gasteiger partial charge in [0, 0.05) is 0 Å². The van der Waals surface area contributed by atoms with Crippen LogP contribution in [0.3, 0.4) is 0 Å². The molecular formula is C11H14F6O. The summed E-state index contributed by atoms with van der Waals surface area (Å²) >= 11 is 0. The molecule has 0 saturated heterocycles. The number of aliphatic hydroxyl groups is 1. The van der Waals surface area contributed by atoms with E-state index in [4.69, 9.17) is 5.11 Å². The number of halogens is 6. The highest BCUT2D eigenvalue weighted by Gasteiger charge is 2.75. The fraction of sp³-hybridized carbons (Fsp3) is 1.00. The van der Waals surface area contributed by atoms with Crippen molar-refractivity contribution in [2.45, 2.75) is 38.0 Å². The van der Waals surface area contributed by atoms with Gasteiger partial charge in [-0.2, -0.15) is 26.3 Å². The monoisotopic (exact) mass is 276 g/mol. The van der Waals surface area contributed by atoms with Crippen molar-refractivity contribution in [1.29, 1.82) is 0 Å². The number of hydrogen-bond donors (Lipinski definition) is 1. The van der Waals surface area contributed by atoms with E-state index in [1.165, 1.54) is 0 Å². The topological polar surface area (TPSA) is 20.2 Å². The Hall–Kier alpha value is -0.460. The number of alkyl halides is 6. The van der Waals surface area contributed by atoms with E-state index in [0.717, 1.165) is 0 Å². The third-order valence-corrected chi connectivity index (χ3v) is 4.63. The zero-order chi connectivity index (χ0) is 13.8. The van der Waals surface area contributed by atoms with Gasteiger partial charge in [-0.1, -0.05) is 6.42 Å². The summed E-state index contributed by atoms with van der Waals surface area (Å²) in [6.45, 7) is -1.91. The Morgan fingerprint density at radius 1 is 0.889 bits per heavy atom. The Labute approximate surface area is 100 Å². The Morgan fingerprint density at radius 2 is 1.44 bits per heavy atom. The maximum Gasteiger partial charge on any atom is 0.405 e. The van der Waals surface area contributed by atoms with Gasteiger partial charge in [0.15, 0.2) is 5.41 Å². The van der Waals surface area contributed by atoms with E-state index in [1.807, 2.05) is 0 Å². The standard InChI is InChI=1S/C11H14F6O/c12-10(13,14)9(5-18,11(15,16)17)8-4-6-1-2-7(8)3-6/h6-8,18H,1-5H2. The molecule has 2 saturated carbocycles. The summed E-state index contributed by atoms with van der Waals surface area (Å²) in [6, 6.07) is 0. The van der Waals surface area contributed by atoms with Crippen LogP contribution in [0.5, 0.6) is 0 Å². The summed E-state index contributed by atoms with van der Waals surface area (Å²) in [4.78, 5) is 0. The molecule has 3 unspecified atom stereocenters. The number of rotatable bonds is 2. The van der Waals surface area contributed by atoms with Crippen LogP contribution in [0.4, 0.5) is 26.3 Å². The Kier molecular flexibility index (Phi) is 3.11. The van der Waals surface area contributed by atoms with E-state index in [9.17, 15) is 26.3 Å². The van der Waals surface area contributed by atoms with Gasteiger partial charge in [0.05, 0.1) is 6.61 Å². The molecule has 106 valence electrons. The Bertz CT molecular complexity index is 306. The summed E-state index contributed by atoms with van der Waals surface area (Å²) in [6.07, 6.45) is -9.46. The van der Waals surface area contributed by atoms with Crippen molar-refractivity contribution in [3.05, 3.63) is 0 Å². The first-order valence-electron chi connectivity index (χ1n) is 5.88. The minimum absolute atomic E-state index is 0.0457. The largest absolute Gasteiger partial charge is 0.405 e. The van der Waals surface area contributed by atoms with Crippen LogP contribution in [0.15, 0.2) is 0 Å². The molecular weight excluding hydrogens is 262 g/mol. The molecule has 1 nitrogen and oxygen atoms in total. The van der Waals surface area contributed by atoms with Gasteiger partial charge in [-0.3, -0.25) is 0 Å². The van der Waals surface area contributed by atoms with Gasteiger partial charge >= 0.3 is 12.4 Å². The molecule has 2 bridgehead atoms. The van der Waals surface area contributed by atoms with Gasteiger partial charge in [0.1, 0.15) is 0 Å². The average Bonchev–Trinajstić information content (AvgIpc) is 2.76. The molecule has 0 amide bonds. The maximum absolute atomic E-state index is 13.0. The van der Waals surface area contributed by atoms with Crippen molar-refractivity contribution in [1.82, 2.24) is 0 Å². The van der Waals surface area contributed by atoms with E-state index in [2.05, 4.69) is 0 Å². The number of fused-ring (bicyclic) bond motifs is 2. The first kappa shape index (κ1) is 14.0. The lowest BCUT2D eigenvalue weighted by Crippen LogP contribution is -2.58. The highest BCUT2D eigenvalue weighted by Crippen LogP contribution is 2.64. The normalized spacial score (nSPS) is 33.2. The van der Waals surface area contributed by atoms with Crippen molar-refractivity contribution in [3.8, 4) is 0 Å². The predicted molar refractivity (Wildman–Crippen MR) is 50.6 cm³/mol. The van der Waals surface area contributed by atoms with E-state index in [1.54, 1.807) is 0 Å². The summed E-state index contributed by atoms with van der Waals surface area (Å²) in [7, 11) is 0. The lowest BCUT2D eigenvalue weighted by molar-refractivity contribution is -0.371. The molecule has 0 heterocycles. The smallest absolute Gasteiger partial charge is 0.395 e. The second-order valence-electron chi connectivity index (χ2n) is 5.41. The number of hydrogen-bond acceptors (Lipinski definition) is 1. The predicted octanol–water partition coefficient (Wildman–Crippen LogP) is 3.53. The van der Waals surface area contributed by atoms with Gasteiger partial charge in [-0.05, 0) is 37.0 Å². The molecule has 7 heteroatoms. The van der Waals surface area contributed by atoms with Crippen molar-refractivity contribution < 1.29 is 31.4 Å². The van der Waals surface area contributed by atoms with Gasteiger partial charge in [0.2, 0.25) is 0 Å². The second-order valence-corrected chi connectivity index (χ2v) is 5.41. The lowest BCUT2D eigenvalue weighted by Gasteiger charge is -2.43. The maximum atomic E-state index is 13.0. The molecule has 2 aliphatic rings. The summed E-state index contributed by atoms with van der Waals surface area (Å²) < 4.78 is 77.8. The van der Waals surface area contributed by atoms with Gasteiger partial charge in [-0.15, -0.1) is 0 Å². The fourth-order valence-corrected chi connectivity index (χ4v) is 3.73. The minimum Gasteiger partial charge on any atom is -0.395 e. The third-order valence-electron chi connectivity index (χ3n) is 4.63. The van der Waals surface area contributed by atoms with E-state index in [-0.39, 0.29) is 12.3 Å². The molecule has 0 aromatic heterocycles. The Morgan fingerprint density at radius 3 is 1.72 bits per heavy atom. The van der Waals surface area contributed by atoms with Crippen molar-refractivity contribution in [3.63, 3.8) is 0 Å². The first-order chi connectivity index (χ1) is 8.13. The number of aliphatic hydroxyl groups excluding tert-OH is 1. The zero-order valence-corrected chi connectivity index (χ0v) is 9.48. The first-order valence-corrected chi connectivity index (χ1v) is 5.88. The van der Waals surface area contributed by atoms with Gasteiger partial charge in [-0.25, -0.2) is 0 Å². The minimum atomic E-state index is -5.46. The molecule has 2 fully saturated rings. The van der Waals surface area contributed by atoms with Crippen LogP contribution in [-0.4, -0.2) is 24.1 Å². The van der Waals surface area contributed by atoms with Crippen LogP contribution < -0.4 is 0 Å². The second kappa shape index (κ2) is 4.02. The summed E-state index contributed by atoms with van der Waals surface area (Å²) in [5.41, 5.74) is -3.94. The molecule has 2 aliphatic carbocycles. The Balaban J connectivity index is 2.42. The molecule has 0 aliphatic heterocycles. The molecule has 0 aromatic carbocycles. The van der Waals surface area contributed by atoms with Crippen molar-refractivity contribution in [2.75, 3.05) is 6.61 Å². The van der Waals surface area contributed by atoms with Crippen LogP contribution in [0.2, 0.25) is 0 Å².